The number of halogens is 5. The van der Waals surface area contributed by atoms with E-state index in [0.717, 1.165) is 22.3 Å². The molecule has 2 aromatic carbocycles. The van der Waals surface area contributed by atoms with Crippen LogP contribution in [0.3, 0.4) is 0 Å². The van der Waals surface area contributed by atoms with Crippen molar-refractivity contribution in [3.05, 3.63) is 88.5 Å². The van der Waals surface area contributed by atoms with Crippen LogP contribution in [0.1, 0.15) is 39.0 Å². The third-order valence-corrected chi connectivity index (χ3v) is 7.59. The van der Waals surface area contributed by atoms with Crippen molar-refractivity contribution in [3.8, 4) is 0 Å². The Bertz CT molecular complexity index is 926. The SMILES string of the molecule is Clc1ccc(C(c2ccc3c(c2)C(Cl)C(Cl)C(Cl)C3Cl)n2ccnc2)cc1. The van der Waals surface area contributed by atoms with E-state index in [9.17, 15) is 0 Å². The zero-order valence-electron chi connectivity index (χ0n) is 13.9. The van der Waals surface area contributed by atoms with Crippen LogP contribution in [0.5, 0.6) is 0 Å². The second-order valence-corrected chi connectivity index (χ2v) is 8.93. The summed E-state index contributed by atoms with van der Waals surface area (Å²) >= 11 is 32.0. The highest BCUT2D eigenvalue weighted by Gasteiger charge is 2.39. The van der Waals surface area contributed by atoms with E-state index in [1.807, 2.05) is 41.1 Å². The van der Waals surface area contributed by atoms with Gasteiger partial charge in [0.15, 0.2) is 0 Å². The van der Waals surface area contributed by atoms with Gasteiger partial charge in [0, 0.05) is 17.4 Å². The number of aromatic nitrogens is 2. The zero-order chi connectivity index (χ0) is 19.1. The van der Waals surface area contributed by atoms with Gasteiger partial charge in [-0.15, -0.1) is 46.4 Å². The Morgan fingerprint density at radius 2 is 1.44 bits per heavy atom. The number of hydrogen-bond acceptors (Lipinski definition) is 1. The summed E-state index contributed by atoms with van der Waals surface area (Å²) in [6.45, 7) is 0. The highest BCUT2D eigenvalue weighted by atomic mass is 35.5. The first-order chi connectivity index (χ1) is 13.0. The first-order valence-electron chi connectivity index (χ1n) is 8.40. The molecule has 0 radical (unpaired) electrons. The van der Waals surface area contributed by atoms with E-state index >= 15 is 0 Å². The molecule has 7 heteroatoms. The van der Waals surface area contributed by atoms with Crippen LogP contribution in [0.15, 0.2) is 61.2 Å². The highest BCUT2D eigenvalue weighted by Crippen LogP contribution is 2.48. The molecular formula is C20H15Cl5N2. The van der Waals surface area contributed by atoms with E-state index in [1.54, 1.807) is 12.5 Å². The van der Waals surface area contributed by atoms with Crippen molar-refractivity contribution in [3.63, 3.8) is 0 Å². The molecule has 27 heavy (non-hydrogen) atoms. The molecule has 0 spiro atoms. The molecule has 1 aliphatic rings. The molecule has 1 aromatic heterocycles. The topological polar surface area (TPSA) is 17.8 Å². The van der Waals surface area contributed by atoms with Gasteiger partial charge in [-0.05, 0) is 34.4 Å². The maximum atomic E-state index is 6.61. The van der Waals surface area contributed by atoms with Crippen LogP contribution >= 0.6 is 58.0 Å². The van der Waals surface area contributed by atoms with E-state index in [-0.39, 0.29) is 11.4 Å². The lowest BCUT2D eigenvalue weighted by atomic mass is 9.86. The fourth-order valence-electron chi connectivity index (χ4n) is 3.52. The molecule has 5 unspecified atom stereocenters. The molecule has 1 heterocycles. The number of hydrogen-bond donors (Lipinski definition) is 0. The van der Waals surface area contributed by atoms with Crippen molar-refractivity contribution < 1.29 is 0 Å². The smallest absolute Gasteiger partial charge is 0.0954 e. The van der Waals surface area contributed by atoms with E-state index in [4.69, 9.17) is 58.0 Å². The third-order valence-electron chi connectivity index (χ3n) is 4.89. The van der Waals surface area contributed by atoms with Crippen molar-refractivity contribution in [1.82, 2.24) is 9.55 Å². The molecule has 0 saturated carbocycles. The fraction of sp³-hybridized carbons (Fsp3) is 0.250. The molecule has 3 aromatic rings. The minimum atomic E-state index is -0.444. The minimum Gasteiger partial charge on any atom is -0.326 e. The van der Waals surface area contributed by atoms with Gasteiger partial charge in [-0.2, -0.15) is 0 Å². The summed E-state index contributed by atoms with van der Waals surface area (Å²) in [4.78, 5) is 4.20. The Hall–Kier alpha value is -0.900. The number of benzene rings is 2. The molecule has 1 aliphatic carbocycles. The lowest BCUT2D eigenvalue weighted by Gasteiger charge is -2.34. The summed E-state index contributed by atoms with van der Waals surface area (Å²) in [5.74, 6) is 0. The Labute approximate surface area is 183 Å². The first-order valence-corrected chi connectivity index (χ1v) is 10.5. The van der Waals surface area contributed by atoms with Gasteiger partial charge in [-0.3, -0.25) is 0 Å². The van der Waals surface area contributed by atoms with Gasteiger partial charge >= 0.3 is 0 Å². The summed E-state index contributed by atoms with van der Waals surface area (Å²) in [7, 11) is 0. The predicted octanol–water partition coefficient (Wildman–Crippen LogP) is 6.96. The standard InChI is InChI=1S/C20H15Cl5N2/c21-13-4-1-11(2-5-13)20(27-8-7-26-10-27)12-3-6-14-15(9-12)17(23)19(25)18(24)16(14)22/h1-10,16-20H. The Kier molecular flexibility index (Phi) is 5.64. The second kappa shape index (κ2) is 7.85. The number of nitrogens with zero attached hydrogens (tertiary/aromatic N) is 2. The second-order valence-electron chi connectivity index (χ2n) is 6.54. The average molecular weight is 461 g/mol. The van der Waals surface area contributed by atoms with E-state index in [0.29, 0.717) is 5.02 Å². The molecule has 5 atom stereocenters. The summed E-state index contributed by atoms with van der Waals surface area (Å²) in [5.41, 5.74) is 3.99. The van der Waals surface area contributed by atoms with Crippen LogP contribution in [-0.4, -0.2) is 20.3 Å². The number of alkyl halides is 4. The monoisotopic (exact) mass is 458 g/mol. The molecule has 140 valence electrons. The summed E-state index contributed by atoms with van der Waals surface area (Å²) in [6.07, 6.45) is 5.48. The lowest BCUT2D eigenvalue weighted by Crippen LogP contribution is -2.30. The lowest BCUT2D eigenvalue weighted by molar-refractivity contribution is 0.652. The molecule has 0 saturated heterocycles. The zero-order valence-corrected chi connectivity index (χ0v) is 17.7. The summed E-state index contributed by atoms with van der Waals surface area (Å²) in [5, 5.41) is -0.962. The maximum absolute atomic E-state index is 6.61. The molecule has 0 N–H and O–H groups in total. The fourth-order valence-corrected chi connectivity index (χ4v) is 5.06. The quantitative estimate of drug-likeness (QED) is 0.386. The first kappa shape index (κ1) is 19.4. The number of imidazole rings is 1. The van der Waals surface area contributed by atoms with E-state index in [2.05, 4.69) is 17.1 Å². The van der Waals surface area contributed by atoms with Crippen LogP contribution in [0, 0.1) is 0 Å². The average Bonchev–Trinajstić information content (AvgIpc) is 3.20. The summed E-state index contributed by atoms with van der Waals surface area (Å²) in [6, 6.07) is 13.8. The van der Waals surface area contributed by atoms with Gasteiger partial charge in [-0.1, -0.05) is 41.9 Å². The number of rotatable bonds is 3. The third kappa shape index (κ3) is 3.59. The van der Waals surface area contributed by atoms with Crippen molar-refractivity contribution in [1.29, 1.82) is 0 Å². The van der Waals surface area contributed by atoms with Crippen molar-refractivity contribution in [2.24, 2.45) is 0 Å². The summed E-state index contributed by atoms with van der Waals surface area (Å²) < 4.78 is 2.04. The highest BCUT2D eigenvalue weighted by molar-refractivity contribution is 6.39. The normalized spacial score (nSPS) is 25.8. The predicted molar refractivity (Wildman–Crippen MR) is 114 cm³/mol. The van der Waals surface area contributed by atoms with Crippen LogP contribution < -0.4 is 0 Å². The van der Waals surface area contributed by atoms with Crippen LogP contribution in [-0.2, 0) is 0 Å². The van der Waals surface area contributed by atoms with Crippen molar-refractivity contribution in [2.75, 3.05) is 0 Å². The van der Waals surface area contributed by atoms with Gasteiger partial charge < -0.3 is 4.57 Å². The van der Waals surface area contributed by atoms with Gasteiger partial charge in [0.05, 0.1) is 33.9 Å². The Morgan fingerprint density at radius 1 is 0.815 bits per heavy atom. The molecule has 4 rings (SSSR count). The van der Waals surface area contributed by atoms with Gasteiger partial charge in [0.1, 0.15) is 0 Å². The van der Waals surface area contributed by atoms with Crippen molar-refractivity contribution in [2.45, 2.75) is 27.6 Å². The molecule has 2 nitrogen and oxygen atoms in total. The van der Waals surface area contributed by atoms with Crippen LogP contribution in [0.2, 0.25) is 5.02 Å². The van der Waals surface area contributed by atoms with E-state index in [1.165, 1.54) is 0 Å². The minimum absolute atomic E-state index is 0.0739. The molecule has 0 fully saturated rings. The number of fused-ring (bicyclic) bond motifs is 1. The molecule has 0 aliphatic heterocycles. The van der Waals surface area contributed by atoms with Gasteiger partial charge in [-0.25, -0.2) is 4.98 Å². The Morgan fingerprint density at radius 3 is 2.07 bits per heavy atom. The molecule has 0 bridgehead atoms. The van der Waals surface area contributed by atoms with Crippen LogP contribution in [0.4, 0.5) is 0 Å². The Balaban J connectivity index is 1.83. The van der Waals surface area contributed by atoms with Gasteiger partial charge in [0.2, 0.25) is 0 Å². The van der Waals surface area contributed by atoms with Crippen molar-refractivity contribution >= 4 is 58.0 Å². The van der Waals surface area contributed by atoms with E-state index < -0.39 is 16.1 Å². The van der Waals surface area contributed by atoms with Crippen LogP contribution in [0.25, 0.3) is 0 Å². The largest absolute Gasteiger partial charge is 0.326 e. The maximum Gasteiger partial charge on any atom is 0.0954 e. The molecular weight excluding hydrogens is 445 g/mol. The molecule has 0 amide bonds. The van der Waals surface area contributed by atoms with Gasteiger partial charge in [0.25, 0.3) is 0 Å².